The molecule has 246 valence electrons. The second-order valence-corrected chi connectivity index (χ2v) is 13.5. The smallest absolute Gasteiger partial charge is 0.313 e. The van der Waals surface area contributed by atoms with Crippen molar-refractivity contribution in [3.05, 3.63) is 61.2 Å². The zero-order chi connectivity index (χ0) is 32.9. The number of amides is 3. The molecule has 0 aromatic heterocycles. The van der Waals surface area contributed by atoms with Gasteiger partial charge in [0, 0.05) is 30.4 Å². The third-order valence-corrected chi connectivity index (χ3v) is 10.1. The lowest BCUT2D eigenvalue weighted by atomic mass is 9.70. The van der Waals surface area contributed by atoms with Crippen molar-refractivity contribution in [2.75, 3.05) is 19.7 Å². The average molecular weight is 689 g/mol. The summed E-state index contributed by atoms with van der Waals surface area (Å²) in [6, 6.07) is 7.43. The Hall–Kier alpha value is -3.02. The van der Waals surface area contributed by atoms with E-state index in [1.165, 1.54) is 4.90 Å². The number of β-amino-alcohol motifs (C(OH)–C–C–N with tert-alkyl or cyclic N) is 1. The van der Waals surface area contributed by atoms with Gasteiger partial charge in [-0.25, -0.2) is 0 Å². The van der Waals surface area contributed by atoms with Gasteiger partial charge in [-0.2, -0.15) is 0 Å². The van der Waals surface area contributed by atoms with Crippen LogP contribution in [0.5, 0.6) is 0 Å². The number of aliphatic hydroxyl groups excluding tert-OH is 1. The minimum Gasteiger partial charge on any atom is -0.455 e. The van der Waals surface area contributed by atoms with E-state index >= 15 is 0 Å². The number of hydrogen-bond acceptors (Lipinski definition) is 7. The zero-order valence-corrected chi connectivity index (χ0v) is 28.0. The fraction of sp³-hybridized carbons (Fsp3) is 0.588. The summed E-state index contributed by atoms with van der Waals surface area (Å²) in [6.45, 7) is 13.2. The second kappa shape index (κ2) is 15.0. The number of nitrogens with zero attached hydrogens (tertiary/aromatic N) is 2. The van der Waals surface area contributed by atoms with E-state index in [0.717, 1.165) is 12.8 Å². The standard InChI is InChI=1S/C34H46BrN3O7/c1-6-9-16-25(40)36-22(5)28(23-14-11-10-12-15-23)44-33(43)26-27-31(41)38(18-19-39)30(34(27)20-24(35)29(26)45-34)32(42)37(17-8-3)21(4)13-7-2/h6,8,10-12,14-15,21-22,24,26-30,39H,1,3,7,9,13,16-20H2,2,4-5H3,(H,36,40)/t21?,22-,24?,26+,27-,28-,29+,30+,34-/m0/s1. The summed E-state index contributed by atoms with van der Waals surface area (Å²) in [5.74, 6) is -3.49. The van der Waals surface area contributed by atoms with Crippen LogP contribution >= 0.6 is 15.9 Å². The Morgan fingerprint density at radius 1 is 1.24 bits per heavy atom. The molecule has 0 aliphatic carbocycles. The first-order valence-electron chi connectivity index (χ1n) is 15.9. The van der Waals surface area contributed by atoms with Crippen molar-refractivity contribution < 1.29 is 33.8 Å². The first kappa shape index (κ1) is 34.8. The van der Waals surface area contributed by atoms with Gasteiger partial charge in [-0.3, -0.25) is 19.2 Å². The van der Waals surface area contributed by atoms with Gasteiger partial charge in [0.25, 0.3) is 0 Å². The number of hydrogen-bond donors (Lipinski definition) is 2. The lowest BCUT2D eigenvalue weighted by Crippen LogP contribution is -2.58. The minimum atomic E-state index is -1.27. The van der Waals surface area contributed by atoms with Gasteiger partial charge in [0.05, 0.1) is 30.6 Å². The summed E-state index contributed by atoms with van der Waals surface area (Å²) in [5.41, 5.74) is -0.585. The Labute approximate surface area is 274 Å². The van der Waals surface area contributed by atoms with Crippen molar-refractivity contribution >= 4 is 39.6 Å². The predicted octanol–water partition coefficient (Wildman–Crippen LogP) is 3.69. The zero-order valence-electron chi connectivity index (χ0n) is 26.4. The number of carbonyl (C=O) groups excluding carboxylic acids is 4. The molecule has 2 N–H and O–H groups in total. The van der Waals surface area contributed by atoms with Gasteiger partial charge in [-0.15, -0.1) is 13.2 Å². The molecule has 11 heteroatoms. The van der Waals surface area contributed by atoms with Crippen LogP contribution in [0.1, 0.15) is 64.5 Å². The highest BCUT2D eigenvalue weighted by molar-refractivity contribution is 9.09. The maximum absolute atomic E-state index is 14.4. The van der Waals surface area contributed by atoms with Gasteiger partial charge >= 0.3 is 5.97 Å². The Balaban J connectivity index is 1.68. The van der Waals surface area contributed by atoms with Gasteiger partial charge in [0.2, 0.25) is 17.7 Å². The molecule has 3 saturated heterocycles. The van der Waals surface area contributed by atoms with Crippen LogP contribution in [0.15, 0.2) is 55.6 Å². The van der Waals surface area contributed by atoms with Crippen molar-refractivity contribution in [1.82, 2.24) is 15.1 Å². The number of likely N-dealkylation sites (tertiary alicyclic amines) is 1. The number of carbonyl (C=O) groups is 4. The number of aliphatic hydroxyl groups is 1. The Morgan fingerprint density at radius 2 is 1.96 bits per heavy atom. The van der Waals surface area contributed by atoms with Gasteiger partial charge in [-0.1, -0.05) is 71.8 Å². The van der Waals surface area contributed by atoms with Crippen molar-refractivity contribution in [2.24, 2.45) is 11.8 Å². The molecule has 3 aliphatic heterocycles. The van der Waals surface area contributed by atoms with Crippen LogP contribution in [0.4, 0.5) is 0 Å². The highest BCUT2D eigenvalue weighted by Crippen LogP contribution is 2.60. The number of halogens is 1. The second-order valence-electron chi connectivity index (χ2n) is 12.3. The fourth-order valence-corrected chi connectivity index (χ4v) is 8.27. The molecule has 9 atom stereocenters. The van der Waals surface area contributed by atoms with E-state index in [4.69, 9.17) is 9.47 Å². The summed E-state index contributed by atoms with van der Waals surface area (Å²) in [4.78, 5) is 58.1. The molecule has 45 heavy (non-hydrogen) atoms. The molecule has 3 heterocycles. The molecule has 0 saturated carbocycles. The lowest BCUT2D eigenvalue weighted by molar-refractivity contribution is -0.162. The molecule has 3 aliphatic rings. The van der Waals surface area contributed by atoms with E-state index in [0.29, 0.717) is 24.9 Å². The van der Waals surface area contributed by atoms with Gasteiger partial charge in [0.1, 0.15) is 17.7 Å². The van der Waals surface area contributed by atoms with Crippen LogP contribution < -0.4 is 5.32 Å². The van der Waals surface area contributed by atoms with E-state index in [9.17, 15) is 24.3 Å². The number of benzene rings is 1. The van der Waals surface area contributed by atoms with Crippen LogP contribution in [0.25, 0.3) is 0 Å². The Kier molecular flexibility index (Phi) is 11.7. The van der Waals surface area contributed by atoms with Gasteiger partial charge in [-0.05, 0) is 38.7 Å². The molecule has 2 bridgehead atoms. The number of esters is 1. The van der Waals surface area contributed by atoms with Gasteiger partial charge < -0.3 is 29.7 Å². The summed E-state index contributed by atoms with van der Waals surface area (Å²) < 4.78 is 12.8. The summed E-state index contributed by atoms with van der Waals surface area (Å²) in [5, 5.41) is 12.9. The summed E-state index contributed by atoms with van der Waals surface area (Å²) in [7, 11) is 0. The number of ether oxygens (including phenoxy) is 2. The van der Waals surface area contributed by atoms with E-state index < -0.39 is 53.6 Å². The maximum Gasteiger partial charge on any atom is 0.313 e. The SMILES string of the molecule is C=CCCC(=O)N[C@@H](C)[C@H](OC(=O)[C@H]1[C@@H]2O[C@@]3(CC2Br)[C@@H]1C(=O)N(CCO)[C@@H]3C(=O)N(CC=C)C(C)CCC)c1ccccc1. The third kappa shape index (κ3) is 6.76. The fourth-order valence-electron chi connectivity index (χ4n) is 7.32. The monoisotopic (exact) mass is 687 g/mol. The van der Waals surface area contributed by atoms with Crippen LogP contribution in [0.3, 0.4) is 0 Å². The Morgan fingerprint density at radius 3 is 2.58 bits per heavy atom. The average Bonchev–Trinajstić information content (AvgIpc) is 3.61. The molecule has 3 amide bonds. The van der Waals surface area contributed by atoms with Gasteiger partial charge in [0.15, 0.2) is 0 Å². The predicted molar refractivity (Wildman–Crippen MR) is 173 cm³/mol. The van der Waals surface area contributed by atoms with E-state index in [2.05, 4.69) is 34.4 Å². The molecule has 2 unspecified atom stereocenters. The maximum atomic E-state index is 14.4. The number of alkyl halides is 1. The van der Waals surface area contributed by atoms with Crippen LogP contribution in [-0.4, -0.2) is 93.0 Å². The highest BCUT2D eigenvalue weighted by Gasteiger charge is 2.77. The Bertz CT molecular complexity index is 1260. The summed E-state index contributed by atoms with van der Waals surface area (Å²) >= 11 is 3.69. The van der Waals surface area contributed by atoms with Crippen molar-refractivity contribution in [3.63, 3.8) is 0 Å². The molecule has 4 rings (SSSR count). The van der Waals surface area contributed by atoms with Crippen molar-refractivity contribution in [3.8, 4) is 0 Å². The molecule has 1 spiro atoms. The van der Waals surface area contributed by atoms with Crippen LogP contribution in [0.2, 0.25) is 0 Å². The topological polar surface area (TPSA) is 125 Å². The molecular weight excluding hydrogens is 642 g/mol. The number of allylic oxidation sites excluding steroid dienone is 1. The van der Waals surface area contributed by atoms with Crippen LogP contribution in [0, 0.1) is 11.8 Å². The molecule has 3 fully saturated rings. The number of fused-ring (bicyclic) bond motifs is 1. The minimum absolute atomic E-state index is 0.0687. The molecule has 1 aromatic rings. The molecule has 0 radical (unpaired) electrons. The van der Waals surface area contributed by atoms with E-state index in [-0.39, 0.29) is 42.3 Å². The lowest BCUT2D eigenvalue weighted by Gasteiger charge is -2.39. The van der Waals surface area contributed by atoms with Crippen molar-refractivity contribution in [1.29, 1.82) is 0 Å². The summed E-state index contributed by atoms with van der Waals surface area (Å²) in [6.07, 6.45) is 4.53. The van der Waals surface area contributed by atoms with Crippen molar-refractivity contribution in [2.45, 2.75) is 93.6 Å². The van der Waals surface area contributed by atoms with E-state index in [1.54, 1.807) is 24.0 Å². The van der Waals surface area contributed by atoms with E-state index in [1.807, 2.05) is 44.2 Å². The highest BCUT2D eigenvalue weighted by atomic mass is 79.9. The first-order valence-corrected chi connectivity index (χ1v) is 16.8. The number of nitrogens with one attached hydrogen (secondary N) is 1. The first-order chi connectivity index (χ1) is 21.6. The largest absolute Gasteiger partial charge is 0.455 e. The molecule has 1 aromatic carbocycles. The normalized spacial score (nSPS) is 28.6. The quantitative estimate of drug-likeness (QED) is 0.154. The third-order valence-electron chi connectivity index (χ3n) is 9.27. The molecular formula is C34H46BrN3O7. The molecule has 10 nitrogen and oxygen atoms in total. The number of rotatable bonds is 16. The van der Waals surface area contributed by atoms with Crippen LogP contribution in [-0.2, 0) is 28.7 Å².